The first kappa shape index (κ1) is 18.7. The number of fused-ring (bicyclic) bond motifs is 1. The zero-order valence-corrected chi connectivity index (χ0v) is 15.4. The molecule has 0 fully saturated rings. The predicted octanol–water partition coefficient (Wildman–Crippen LogP) is -0.337. The van der Waals surface area contributed by atoms with Gasteiger partial charge in [-0.15, -0.1) is 11.3 Å². The molecular formula is C18H17N3O5S. The molecule has 8 nitrogen and oxygen atoms in total. The van der Waals surface area contributed by atoms with Crippen molar-refractivity contribution in [1.29, 1.82) is 5.26 Å². The van der Waals surface area contributed by atoms with Gasteiger partial charge in [0.25, 0.3) is 11.5 Å². The normalized spacial score (nSPS) is 14.1. The summed E-state index contributed by atoms with van der Waals surface area (Å²) in [6.45, 7) is 0.917. The third-order valence-corrected chi connectivity index (χ3v) is 5.03. The first-order valence-corrected chi connectivity index (χ1v) is 8.91. The van der Waals surface area contributed by atoms with Gasteiger partial charge in [-0.2, -0.15) is 5.26 Å². The van der Waals surface area contributed by atoms with Gasteiger partial charge >= 0.3 is 0 Å². The number of rotatable bonds is 6. The van der Waals surface area contributed by atoms with Crippen LogP contribution in [0.1, 0.15) is 12.0 Å². The van der Waals surface area contributed by atoms with Crippen molar-refractivity contribution < 1.29 is 19.0 Å². The fourth-order valence-corrected chi connectivity index (χ4v) is 3.77. The largest absolute Gasteiger partial charge is 0.454 e. The van der Waals surface area contributed by atoms with Crippen molar-refractivity contribution >= 4 is 28.9 Å². The highest BCUT2D eigenvalue weighted by atomic mass is 32.1. The Morgan fingerprint density at radius 3 is 2.93 bits per heavy atom. The minimum absolute atomic E-state index is 0.160. The monoisotopic (exact) mass is 387 g/mol. The van der Waals surface area contributed by atoms with E-state index < -0.39 is 5.91 Å². The maximum Gasteiger partial charge on any atom is 0.269 e. The lowest BCUT2D eigenvalue weighted by molar-refractivity contribution is -0.112. The minimum Gasteiger partial charge on any atom is -0.454 e. The van der Waals surface area contributed by atoms with Gasteiger partial charge in [0, 0.05) is 20.3 Å². The number of methoxy groups -OCH3 is 1. The SMILES string of the molecule is COCCCn1c(=O)/c(=C/c2ccc3c(c2)OCO3)s/c1=C(/C#N)C(N)=O. The Morgan fingerprint density at radius 1 is 1.44 bits per heavy atom. The van der Waals surface area contributed by atoms with Crippen molar-refractivity contribution in [2.75, 3.05) is 20.5 Å². The van der Waals surface area contributed by atoms with E-state index in [9.17, 15) is 14.9 Å². The van der Waals surface area contributed by atoms with Crippen LogP contribution >= 0.6 is 11.3 Å². The summed E-state index contributed by atoms with van der Waals surface area (Å²) >= 11 is 1.05. The molecule has 1 aromatic heterocycles. The van der Waals surface area contributed by atoms with E-state index >= 15 is 0 Å². The highest BCUT2D eigenvalue weighted by Gasteiger charge is 2.15. The molecule has 9 heteroatoms. The number of nitriles is 1. The number of aromatic nitrogens is 1. The van der Waals surface area contributed by atoms with Gasteiger partial charge in [-0.05, 0) is 30.2 Å². The summed E-state index contributed by atoms with van der Waals surface area (Å²) in [5, 5.41) is 9.28. The molecular weight excluding hydrogens is 370 g/mol. The van der Waals surface area contributed by atoms with Crippen molar-refractivity contribution in [3.05, 3.63) is 43.3 Å². The number of carbonyl (C=O) groups is 1. The Hall–Kier alpha value is -3.09. The fraction of sp³-hybridized carbons (Fsp3) is 0.278. The molecule has 1 amide bonds. The number of hydrogen-bond donors (Lipinski definition) is 1. The van der Waals surface area contributed by atoms with Gasteiger partial charge in [0.1, 0.15) is 10.7 Å². The standard InChI is InChI=1S/C18H17N3O5S/c1-24-6-2-5-21-17(23)15(27-18(21)12(9-19)16(20)22)8-11-3-4-13-14(7-11)26-10-25-13/h3-4,7-8H,2,5-6,10H2,1H3,(H2,20,22)/b15-8-,18-12-. The van der Waals surface area contributed by atoms with Crippen molar-refractivity contribution in [2.24, 2.45) is 5.73 Å². The van der Waals surface area contributed by atoms with E-state index in [2.05, 4.69) is 0 Å². The predicted molar refractivity (Wildman–Crippen MR) is 98.7 cm³/mol. The summed E-state index contributed by atoms with van der Waals surface area (Å²) < 4.78 is 17.7. The van der Waals surface area contributed by atoms with Crippen LogP contribution < -0.4 is 30.0 Å². The van der Waals surface area contributed by atoms with Gasteiger partial charge in [0.2, 0.25) is 6.79 Å². The summed E-state index contributed by atoms with van der Waals surface area (Å²) in [6, 6.07) is 7.12. The molecule has 0 bridgehead atoms. The summed E-state index contributed by atoms with van der Waals surface area (Å²) in [7, 11) is 1.56. The number of nitrogens with two attached hydrogens (primary N) is 1. The van der Waals surface area contributed by atoms with Crippen molar-refractivity contribution in [3.8, 4) is 17.6 Å². The van der Waals surface area contributed by atoms with Crippen LogP contribution in [-0.2, 0) is 16.1 Å². The molecule has 140 valence electrons. The van der Waals surface area contributed by atoms with Gasteiger partial charge in [-0.1, -0.05) is 6.07 Å². The zero-order valence-electron chi connectivity index (χ0n) is 14.6. The Labute approximate surface area is 158 Å². The molecule has 2 heterocycles. The number of hydrogen-bond acceptors (Lipinski definition) is 7. The smallest absolute Gasteiger partial charge is 0.269 e. The van der Waals surface area contributed by atoms with Crippen LogP contribution in [-0.4, -0.2) is 31.0 Å². The van der Waals surface area contributed by atoms with Crippen LogP contribution in [0.25, 0.3) is 11.6 Å². The highest BCUT2D eigenvalue weighted by molar-refractivity contribution is 7.07. The molecule has 1 aromatic carbocycles. The summed E-state index contributed by atoms with van der Waals surface area (Å²) in [5.41, 5.74) is 5.52. The Balaban J connectivity index is 2.16. The molecule has 0 unspecified atom stereocenters. The first-order chi connectivity index (χ1) is 13.0. The lowest BCUT2D eigenvalue weighted by Crippen LogP contribution is -2.34. The molecule has 2 N–H and O–H groups in total. The Bertz CT molecular complexity index is 1090. The topological polar surface area (TPSA) is 117 Å². The molecule has 3 rings (SSSR count). The van der Waals surface area contributed by atoms with E-state index in [1.807, 2.05) is 0 Å². The molecule has 1 aliphatic heterocycles. The molecule has 0 aliphatic carbocycles. The molecule has 0 atom stereocenters. The third-order valence-electron chi connectivity index (χ3n) is 3.90. The number of ether oxygens (including phenoxy) is 3. The number of primary amides is 1. The van der Waals surface area contributed by atoms with E-state index in [1.54, 1.807) is 37.5 Å². The van der Waals surface area contributed by atoms with Crippen molar-refractivity contribution in [3.63, 3.8) is 0 Å². The second kappa shape index (κ2) is 8.07. The van der Waals surface area contributed by atoms with Crippen molar-refractivity contribution in [2.45, 2.75) is 13.0 Å². The first-order valence-electron chi connectivity index (χ1n) is 8.09. The van der Waals surface area contributed by atoms with Crippen LogP contribution in [0, 0.1) is 11.3 Å². The molecule has 1 aliphatic rings. The minimum atomic E-state index is -0.867. The number of carbonyl (C=O) groups excluding carboxylic acids is 1. The van der Waals surface area contributed by atoms with Gasteiger partial charge in [-0.3, -0.25) is 14.2 Å². The van der Waals surface area contributed by atoms with Gasteiger partial charge in [-0.25, -0.2) is 0 Å². The van der Waals surface area contributed by atoms with Gasteiger partial charge in [0.05, 0.1) is 4.53 Å². The van der Waals surface area contributed by atoms with Crippen LogP contribution in [0.4, 0.5) is 0 Å². The number of benzene rings is 1. The van der Waals surface area contributed by atoms with E-state index in [0.29, 0.717) is 35.6 Å². The van der Waals surface area contributed by atoms with Crippen LogP contribution in [0.5, 0.6) is 11.5 Å². The van der Waals surface area contributed by atoms with Gasteiger partial charge < -0.3 is 19.9 Å². The highest BCUT2D eigenvalue weighted by Crippen LogP contribution is 2.32. The van der Waals surface area contributed by atoms with Crippen LogP contribution in [0.15, 0.2) is 23.0 Å². The summed E-state index contributed by atoms with van der Waals surface area (Å²) in [4.78, 5) is 24.4. The van der Waals surface area contributed by atoms with Crippen LogP contribution in [0.3, 0.4) is 0 Å². The molecule has 0 saturated carbocycles. The average Bonchev–Trinajstić information content (AvgIpc) is 3.22. The van der Waals surface area contributed by atoms with E-state index in [0.717, 1.165) is 16.9 Å². The maximum absolute atomic E-state index is 12.8. The Morgan fingerprint density at radius 2 is 2.22 bits per heavy atom. The van der Waals surface area contributed by atoms with Crippen molar-refractivity contribution in [1.82, 2.24) is 4.57 Å². The summed E-state index contributed by atoms with van der Waals surface area (Å²) in [6.07, 6.45) is 2.24. The zero-order chi connectivity index (χ0) is 19.4. The third kappa shape index (κ3) is 3.86. The second-order valence-electron chi connectivity index (χ2n) is 5.68. The fourth-order valence-electron chi connectivity index (χ4n) is 2.64. The van der Waals surface area contributed by atoms with Gasteiger partial charge in [0.15, 0.2) is 17.1 Å². The number of thiazole rings is 1. The summed E-state index contributed by atoms with van der Waals surface area (Å²) in [5.74, 6) is 0.376. The van der Waals surface area contributed by atoms with E-state index in [1.165, 1.54) is 4.57 Å². The quantitative estimate of drug-likeness (QED) is 0.678. The van der Waals surface area contributed by atoms with Crippen LogP contribution in [0.2, 0.25) is 0 Å². The Kier molecular flexibility index (Phi) is 5.59. The van der Waals surface area contributed by atoms with E-state index in [-0.39, 0.29) is 22.6 Å². The molecule has 0 spiro atoms. The molecule has 0 radical (unpaired) electrons. The lowest BCUT2D eigenvalue weighted by Gasteiger charge is -2.02. The average molecular weight is 387 g/mol. The molecule has 2 aromatic rings. The number of amides is 1. The molecule has 0 saturated heterocycles. The van der Waals surface area contributed by atoms with E-state index in [4.69, 9.17) is 19.9 Å². The lowest BCUT2D eigenvalue weighted by atomic mass is 10.2. The molecule has 27 heavy (non-hydrogen) atoms. The number of nitrogens with zero attached hydrogens (tertiary/aromatic N) is 2. The maximum atomic E-state index is 12.8. The second-order valence-corrected chi connectivity index (χ2v) is 6.71.